The molecule has 0 unspecified atom stereocenters. The Morgan fingerprint density at radius 1 is 1.05 bits per heavy atom. The lowest BCUT2D eigenvalue weighted by molar-refractivity contribution is -0.102. The van der Waals surface area contributed by atoms with Crippen LogP contribution in [0.25, 0.3) is 11.1 Å². The number of carbonyl (C=O) groups excluding carboxylic acids is 1. The van der Waals surface area contributed by atoms with E-state index in [0.717, 1.165) is 17.7 Å². The van der Waals surface area contributed by atoms with Gasteiger partial charge in [-0.1, -0.05) is 46.2 Å². The highest BCUT2D eigenvalue weighted by Gasteiger charge is 2.17. The fourth-order valence-electron chi connectivity index (χ4n) is 3.38. The van der Waals surface area contributed by atoms with Gasteiger partial charge in [-0.25, -0.2) is 4.39 Å². The first-order valence-corrected chi connectivity index (χ1v) is 20.1. The molecule has 37 heavy (non-hydrogen) atoms. The van der Waals surface area contributed by atoms with Gasteiger partial charge in [-0.3, -0.25) is 14.8 Å². The van der Waals surface area contributed by atoms with Gasteiger partial charge in [0, 0.05) is 41.1 Å². The van der Waals surface area contributed by atoms with Gasteiger partial charge in [-0.15, -0.1) is 0 Å². The number of carbonyl (C=O) groups is 1. The molecule has 204 valence electrons. The van der Waals surface area contributed by atoms with Crippen molar-refractivity contribution >= 4 is 33.8 Å². The van der Waals surface area contributed by atoms with Crippen molar-refractivity contribution in [1.82, 2.24) is 4.98 Å². The molecule has 0 aliphatic rings. The first-order valence-electron chi connectivity index (χ1n) is 12.7. The summed E-state index contributed by atoms with van der Waals surface area (Å²) in [7, 11) is -2.40. The Hall–Kier alpha value is -2.41. The predicted octanol–water partition coefficient (Wildman–Crippen LogP) is 6.02. The number of nitrogen functional groups attached to an aromatic ring is 1. The highest BCUT2D eigenvalue weighted by Crippen LogP contribution is 2.32. The fourth-order valence-corrected chi connectivity index (χ4v) is 4.89. The van der Waals surface area contributed by atoms with Gasteiger partial charge in [-0.05, 0) is 47.8 Å². The maximum Gasteiger partial charge on any atom is 0.189 e. The number of aryl methyl sites for hydroxylation is 1. The molecule has 0 spiro atoms. The van der Waals surface area contributed by atoms with E-state index in [1.165, 1.54) is 6.07 Å². The molecule has 0 aliphatic carbocycles. The largest absolute Gasteiger partial charge is 0.464 e. The Labute approximate surface area is 222 Å². The summed E-state index contributed by atoms with van der Waals surface area (Å²) in [4.78, 5) is 20.2. The van der Waals surface area contributed by atoms with E-state index in [-0.39, 0.29) is 36.4 Å². The molecule has 0 bridgehead atoms. The average molecular weight is 548 g/mol. The third kappa shape index (κ3) is 10.5. The Balaban J connectivity index is 2.14. The molecule has 1 heterocycles. The van der Waals surface area contributed by atoms with Crippen LogP contribution < -0.4 is 10.5 Å². The first kappa shape index (κ1) is 30.8. The Bertz CT molecular complexity index is 1080. The molecule has 0 fully saturated rings. The summed E-state index contributed by atoms with van der Waals surface area (Å²) in [5.74, 6) is -0.343. The zero-order valence-corrected chi connectivity index (χ0v) is 25.3. The van der Waals surface area contributed by atoms with Gasteiger partial charge in [0.15, 0.2) is 24.6 Å². The van der Waals surface area contributed by atoms with E-state index >= 15 is 0 Å². The summed E-state index contributed by atoms with van der Waals surface area (Å²) >= 11 is 0. The van der Waals surface area contributed by atoms with E-state index in [1.807, 2.05) is 6.92 Å². The number of halogens is 1. The second-order valence-electron chi connectivity index (χ2n) is 11.4. The molecular formula is C27H42FN3O4Si2. The van der Waals surface area contributed by atoms with Crippen LogP contribution in [0.4, 0.5) is 10.1 Å². The molecule has 10 heteroatoms. The summed E-state index contributed by atoms with van der Waals surface area (Å²) in [6.45, 7) is 16.9. The number of benzene rings is 1. The molecule has 0 atom stereocenters. The van der Waals surface area contributed by atoms with Crippen LogP contribution in [0.1, 0.15) is 18.2 Å². The number of nitrogens with two attached hydrogens (primary N) is 1. The normalized spacial score (nSPS) is 12.6. The van der Waals surface area contributed by atoms with Crippen molar-refractivity contribution in [1.29, 1.82) is 0 Å². The van der Waals surface area contributed by atoms with Gasteiger partial charge >= 0.3 is 0 Å². The number of pyridine rings is 1. The average Bonchev–Trinajstić information content (AvgIpc) is 2.80. The van der Waals surface area contributed by atoms with Gasteiger partial charge in [-0.2, -0.15) is 0 Å². The Morgan fingerprint density at radius 3 is 2.27 bits per heavy atom. The second kappa shape index (κ2) is 13.9. The Kier molecular flexibility index (Phi) is 11.6. The van der Waals surface area contributed by atoms with Crippen LogP contribution in [0.3, 0.4) is 0 Å². The molecule has 0 aliphatic heterocycles. The van der Waals surface area contributed by atoms with Gasteiger partial charge in [0.1, 0.15) is 18.1 Å². The summed E-state index contributed by atoms with van der Waals surface area (Å²) < 4.78 is 31.6. The molecule has 7 nitrogen and oxygen atoms in total. The number of hydrogen-bond acceptors (Lipinski definition) is 7. The summed E-state index contributed by atoms with van der Waals surface area (Å²) in [6.07, 6.45) is 2.85. The quantitative estimate of drug-likeness (QED) is 0.0962. The van der Waals surface area contributed by atoms with Crippen molar-refractivity contribution in [2.24, 2.45) is 4.99 Å². The maximum absolute atomic E-state index is 14.9. The van der Waals surface area contributed by atoms with E-state index in [9.17, 15) is 9.18 Å². The lowest BCUT2D eigenvalue weighted by Gasteiger charge is -2.16. The molecule has 1 aromatic carbocycles. The Morgan fingerprint density at radius 2 is 1.70 bits per heavy atom. The monoisotopic (exact) mass is 547 g/mol. The summed E-state index contributed by atoms with van der Waals surface area (Å²) in [5, 5.41) is 0. The van der Waals surface area contributed by atoms with E-state index in [2.05, 4.69) is 49.3 Å². The van der Waals surface area contributed by atoms with Crippen molar-refractivity contribution < 1.29 is 23.4 Å². The molecular weight excluding hydrogens is 505 g/mol. The van der Waals surface area contributed by atoms with Crippen LogP contribution >= 0.6 is 0 Å². The highest BCUT2D eigenvalue weighted by molar-refractivity contribution is 6.76. The highest BCUT2D eigenvalue weighted by atomic mass is 28.3. The summed E-state index contributed by atoms with van der Waals surface area (Å²) in [6, 6.07) is 6.83. The third-order valence-corrected chi connectivity index (χ3v) is 9.15. The number of aliphatic imine (C=N–C) groups is 1. The minimum absolute atomic E-state index is 0.00274. The molecule has 2 rings (SSSR count). The van der Waals surface area contributed by atoms with Crippen LogP contribution in [0.15, 0.2) is 29.4 Å². The molecule has 2 N–H and O–H groups in total. The van der Waals surface area contributed by atoms with Crippen molar-refractivity contribution in [2.75, 3.05) is 32.5 Å². The van der Waals surface area contributed by atoms with Crippen molar-refractivity contribution in [3.63, 3.8) is 0 Å². The fraction of sp³-hybridized carbons (Fsp3) is 0.519. The minimum atomic E-state index is -1.20. The number of aldehydes is 1. The smallest absolute Gasteiger partial charge is 0.189 e. The number of nitrogens with zero attached hydrogens (tertiary/aromatic N) is 2. The zero-order valence-electron chi connectivity index (χ0n) is 23.3. The number of rotatable bonds is 15. The zero-order chi connectivity index (χ0) is 27.6. The van der Waals surface area contributed by atoms with Crippen molar-refractivity contribution in [3.8, 4) is 16.9 Å². The van der Waals surface area contributed by atoms with Gasteiger partial charge < -0.3 is 19.9 Å². The number of hydrogen-bond donors (Lipinski definition) is 1. The van der Waals surface area contributed by atoms with E-state index in [4.69, 9.17) is 19.9 Å². The minimum Gasteiger partial charge on any atom is -0.464 e. The number of ether oxygens (including phenoxy) is 3. The van der Waals surface area contributed by atoms with E-state index in [0.29, 0.717) is 37.0 Å². The standard InChI is InChI=1S/C27H42FN3O4Si2/c1-8-20-14-26(35-19-34-10-12-37(5,6)7)23(28)15-22(20)21-13-24(29)27(30-16-21)25(17-32)31-18-33-9-11-36(2,3)4/h13-17H,8-12,18-19,29H2,1-7H3. The molecule has 2 aromatic rings. The van der Waals surface area contributed by atoms with Gasteiger partial charge in [0.25, 0.3) is 0 Å². The van der Waals surface area contributed by atoms with E-state index < -0.39 is 22.0 Å². The van der Waals surface area contributed by atoms with E-state index in [1.54, 1.807) is 18.3 Å². The topological polar surface area (TPSA) is 96.0 Å². The van der Waals surface area contributed by atoms with Crippen LogP contribution in [0.2, 0.25) is 51.4 Å². The van der Waals surface area contributed by atoms with Crippen LogP contribution in [-0.4, -0.2) is 59.9 Å². The van der Waals surface area contributed by atoms with Gasteiger partial charge in [0.2, 0.25) is 0 Å². The van der Waals surface area contributed by atoms with Crippen LogP contribution in [0, 0.1) is 5.82 Å². The van der Waals surface area contributed by atoms with Crippen molar-refractivity contribution in [2.45, 2.75) is 64.7 Å². The summed E-state index contributed by atoms with van der Waals surface area (Å²) in [5.41, 5.74) is 9.11. The maximum atomic E-state index is 14.9. The first-order chi connectivity index (χ1) is 17.3. The molecule has 0 saturated carbocycles. The van der Waals surface area contributed by atoms with Crippen molar-refractivity contribution in [3.05, 3.63) is 41.5 Å². The lowest BCUT2D eigenvalue weighted by Crippen LogP contribution is -2.22. The predicted molar refractivity (Wildman–Crippen MR) is 155 cm³/mol. The lowest BCUT2D eigenvalue weighted by atomic mass is 9.97. The third-order valence-electron chi connectivity index (χ3n) is 5.74. The van der Waals surface area contributed by atoms with Gasteiger partial charge in [0.05, 0.1) is 5.69 Å². The second-order valence-corrected chi connectivity index (χ2v) is 22.7. The molecule has 0 amide bonds. The number of anilines is 1. The molecule has 1 aromatic heterocycles. The number of aromatic nitrogens is 1. The SMILES string of the molecule is CCc1cc(OCOCC[Si](C)(C)C)c(F)cc1-c1cnc(C(C=O)=NCOCC[Si](C)(C)C)c(N)c1. The van der Waals surface area contributed by atoms with Crippen LogP contribution in [0.5, 0.6) is 5.75 Å². The van der Waals surface area contributed by atoms with Crippen LogP contribution in [-0.2, 0) is 20.7 Å². The molecule has 0 saturated heterocycles. The molecule has 0 radical (unpaired) electrons.